The van der Waals surface area contributed by atoms with Crippen LogP contribution in [-0.4, -0.2) is 11.0 Å². The summed E-state index contributed by atoms with van der Waals surface area (Å²) in [6.07, 6.45) is 10.3. The number of hydrogen-bond donors (Lipinski definition) is 1. The normalized spacial score (nSPS) is 19.7. The molecule has 0 bridgehead atoms. The summed E-state index contributed by atoms with van der Waals surface area (Å²) in [6.45, 7) is 4.45. The molecule has 1 aromatic rings. The van der Waals surface area contributed by atoms with Gasteiger partial charge in [-0.05, 0) is 12.3 Å². The highest BCUT2D eigenvalue weighted by molar-refractivity contribution is 7.09. The minimum absolute atomic E-state index is 0.470. The van der Waals surface area contributed by atoms with E-state index in [0.29, 0.717) is 12.1 Å². The van der Waals surface area contributed by atoms with E-state index in [-0.39, 0.29) is 0 Å². The highest BCUT2D eigenvalue weighted by Crippen LogP contribution is 2.32. The molecular weight excluding hydrogens is 228 g/mol. The molecule has 1 fully saturated rings. The zero-order valence-electron chi connectivity index (χ0n) is 11.0. The lowest BCUT2D eigenvalue weighted by atomic mass is 9.85. The molecule has 0 radical (unpaired) electrons. The van der Waals surface area contributed by atoms with Crippen LogP contribution in [0, 0.1) is 5.92 Å². The molecule has 0 aromatic carbocycles. The first kappa shape index (κ1) is 13.0. The lowest BCUT2D eigenvalue weighted by Crippen LogP contribution is -2.30. The second-order valence-electron chi connectivity index (χ2n) is 5.48. The Hall–Kier alpha value is -0.410. The average Bonchev–Trinajstić information content (AvgIpc) is 2.82. The maximum atomic E-state index is 4.49. The standard InChI is InChI=1S/C14H24N2S/c1-11(2)16-13(14-15-8-9-17-14)10-12-6-4-3-5-7-12/h8-9,11-13,16H,3-7,10H2,1-2H3. The number of nitrogens with zero attached hydrogens (tertiary/aromatic N) is 1. The van der Waals surface area contributed by atoms with Crippen molar-refractivity contribution in [1.82, 2.24) is 10.3 Å². The molecule has 1 heterocycles. The maximum absolute atomic E-state index is 4.49. The van der Waals surface area contributed by atoms with E-state index in [1.807, 2.05) is 6.20 Å². The van der Waals surface area contributed by atoms with Gasteiger partial charge in [0.05, 0.1) is 6.04 Å². The molecule has 1 atom stereocenters. The molecule has 1 unspecified atom stereocenters. The third-order valence-electron chi connectivity index (χ3n) is 3.58. The Morgan fingerprint density at radius 1 is 1.35 bits per heavy atom. The summed E-state index contributed by atoms with van der Waals surface area (Å²) in [6, 6.07) is 1.01. The Morgan fingerprint density at radius 2 is 2.12 bits per heavy atom. The summed E-state index contributed by atoms with van der Waals surface area (Å²) in [5.41, 5.74) is 0. The Labute approximate surface area is 109 Å². The summed E-state index contributed by atoms with van der Waals surface area (Å²) in [5.74, 6) is 0.906. The fourth-order valence-electron chi connectivity index (χ4n) is 2.81. The van der Waals surface area contributed by atoms with Crippen LogP contribution in [0.2, 0.25) is 0 Å². The minimum Gasteiger partial charge on any atom is -0.306 e. The van der Waals surface area contributed by atoms with E-state index in [0.717, 1.165) is 5.92 Å². The van der Waals surface area contributed by atoms with Crippen molar-refractivity contribution in [3.05, 3.63) is 16.6 Å². The summed E-state index contributed by atoms with van der Waals surface area (Å²) >= 11 is 1.79. The lowest BCUT2D eigenvalue weighted by molar-refractivity contribution is 0.292. The van der Waals surface area contributed by atoms with Gasteiger partial charge in [0.2, 0.25) is 0 Å². The highest BCUT2D eigenvalue weighted by atomic mass is 32.1. The van der Waals surface area contributed by atoms with E-state index >= 15 is 0 Å². The largest absolute Gasteiger partial charge is 0.306 e. The maximum Gasteiger partial charge on any atom is 0.109 e. The van der Waals surface area contributed by atoms with Gasteiger partial charge in [-0.2, -0.15) is 0 Å². The molecule has 0 saturated heterocycles. The minimum atomic E-state index is 0.470. The third-order valence-corrected chi connectivity index (χ3v) is 4.47. The fraction of sp³-hybridized carbons (Fsp3) is 0.786. The van der Waals surface area contributed by atoms with E-state index in [1.165, 1.54) is 43.5 Å². The van der Waals surface area contributed by atoms with Gasteiger partial charge in [-0.3, -0.25) is 0 Å². The van der Waals surface area contributed by atoms with Gasteiger partial charge in [0.25, 0.3) is 0 Å². The summed E-state index contributed by atoms with van der Waals surface area (Å²) in [5, 5.41) is 7.03. The molecule has 0 spiro atoms. The van der Waals surface area contributed by atoms with Gasteiger partial charge < -0.3 is 5.32 Å². The van der Waals surface area contributed by atoms with Crippen LogP contribution in [0.15, 0.2) is 11.6 Å². The van der Waals surface area contributed by atoms with Crippen LogP contribution >= 0.6 is 11.3 Å². The van der Waals surface area contributed by atoms with Crippen LogP contribution in [0.1, 0.15) is 63.4 Å². The first-order valence-corrected chi connectivity index (χ1v) is 7.79. The van der Waals surface area contributed by atoms with Crippen molar-refractivity contribution in [3.8, 4) is 0 Å². The molecule has 0 amide bonds. The predicted molar refractivity (Wildman–Crippen MR) is 74.3 cm³/mol. The molecule has 2 nitrogen and oxygen atoms in total. The van der Waals surface area contributed by atoms with E-state index in [2.05, 4.69) is 29.5 Å². The summed E-state index contributed by atoms with van der Waals surface area (Å²) in [4.78, 5) is 4.49. The molecule has 1 saturated carbocycles. The lowest BCUT2D eigenvalue weighted by Gasteiger charge is -2.27. The number of hydrogen-bond acceptors (Lipinski definition) is 3. The van der Waals surface area contributed by atoms with Crippen LogP contribution < -0.4 is 5.32 Å². The molecule has 2 rings (SSSR count). The molecule has 1 N–H and O–H groups in total. The molecule has 1 aromatic heterocycles. The van der Waals surface area contributed by atoms with Crippen LogP contribution in [0.4, 0.5) is 0 Å². The molecule has 1 aliphatic rings. The Bertz CT molecular complexity index is 302. The van der Waals surface area contributed by atoms with E-state index in [1.54, 1.807) is 11.3 Å². The van der Waals surface area contributed by atoms with E-state index in [9.17, 15) is 0 Å². The molecule has 96 valence electrons. The van der Waals surface area contributed by atoms with Crippen LogP contribution in [0.25, 0.3) is 0 Å². The quantitative estimate of drug-likeness (QED) is 0.851. The number of thiazole rings is 1. The van der Waals surface area contributed by atoms with Crippen molar-refractivity contribution in [2.75, 3.05) is 0 Å². The van der Waals surface area contributed by atoms with Crippen molar-refractivity contribution in [1.29, 1.82) is 0 Å². The smallest absolute Gasteiger partial charge is 0.109 e. The average molecular weight is 252 g/mol. The zero-order chi connectivity index (χ0) is 12.1. The first-order chi connectivity index (χ1) is 8.25. The van der Waals surface area contributed by atoms with Crippen molar-refractivity contribution in [2.24, 2.45) is 5.92 Å². The third kappa shape index (κ3) is 4.07. The van der Waals surface area contributed by atoms with Gasteiger partial charge in [0.1, 0.15) is 5.01 Å². The van der Waals surface area contributed by atoms with Crippen molar-refractivity contribution in [2.45, 2.75) is 64.5 Å². The van der Waals surface area contributed by atoms with Gasteiger partial charge in [-0.15, -0.1) is 11.3 Å². The summed E-state index contributed by atoms with van der Waals surface area (Å²) < 4.78 is 0. The SMILES string of the molecule is CC(C)NC(CC1CCCCC1)c1nccs1. The van der Waals surface area contributed by atoms with Gasteiger partial charge >= 0.3 is 0 Å². The van der Waals surface area contributed by atoms with E-state index < -0.39 is 0 Å². The van der Waals surface area contributed by atoms with Gasteiger partial charge in [-0.25, -0.2) is 4.98 Å². The van der Waals surface area contributed by atoms with Gasteiger partial charge in [0, 0.05) is 17.6 Å². The number of aromatic nitrogens is 1. The second kappa shape index (κ2) is 6.50. The van der Waals surface area contributed by atoms with Crippen LogP contribution in [0.5, 0.6) is 0 Å². The van der Waals surface area contributed by atoms with Gasteiger partial charge in [-0.1, -0.05) is 46.0 Å². The predicted octanol–water partition coefficient (Wildman–Crippen LogP) is 4.15. The molecule has 0 aliphatic heterocycles. The topological polar surface area (TPSA) is 24.9 Å². The van der Waals surface area contributed by atoms with Gasteiger partial charge in [0.15, 0.2) is 0 Å². The molecule has 3 heteroatoms. The number of rotatable bonds is 5. The Morgan fingerprint density at radius 3 is 2.71 bits per heavy atom. The Balaban J connectivity index is 1.95. The van der Waals surface area contributed by atoms with Crippen molar-refractivity contribution < 1.29 is 0 Å². The molecule has 1 aliphatic carbocycles. The second-order valence-corrected chi connectivity index (χ2v) is 6.41. The van der Waals surface area contributed by atoms with E-state index in [4.69, 9.17) is 0 Å². The van der Waals surface area contributed by atoms with Crippen molar-refractivity contribution in [3.63, 3.8) is 0 Å². The molecular formula is C14H24N2S. The summed E-state index contributed by atoms with van der Waals surface area (Å²) in [7, 11) is 0. The number of nitrogens with one attached hydrogen (secondary N) is 1. The highest BCUT2D eigenvalue weighted by Gasteiger charge is 2.22. The molecule has 17 heavy (non-hydrogen) atoms. The van der Waals surface area contributed by atoms with Crippen LogP contribution in [-0.2, 0) is 0 Å². The van der Waals surface area contributed by atoms with Crippen LogP contribution in [0.3, 0.4) is 0 Å². The van der Waals surface area contributed by atoms with Crippen molar-refractivity contribution >= 4 is 11.3 Å². The Kier molecular flexibility index (Phi) is 4.99. The zero-order valence-corrected chi connectivity index (χ0v) is 11.8. The monoisotopic (exact) mass is 252 g/mol. The first-order valence-electron chi connectivity index (χ1n) is 6.91. The fourth-order valence-corrected chi connectivity index (χ4v) is 3.52.